The second-order valence-corrected chi connectivity index (χ2v) is 6.26. The van der Waals surface area contributed by atoms with E-state index in [9.17, 15) is 8.42 Å². The molecule has 0 atom stereocenters. The standard InChI is InChI=1S/C14H18N4O2S/c1-15-9-13-4-5-14(17-11-13)21(19,20)18-8-6-12-3-2-7-16-10-12/h2-5,7,10-11,15,18H,6,8-9H2,1H3. The zero-order valence-corrected chi connectivity index (χ0v) is 12.6. The highest BCUT2D eigenvalue weighted by Crippen LogP contribution is 2.06. The molecule has 112 valence electrons. The van der Waals surface area contributed by atoms with Crippen LogP contribution in [0.5, 0.6) is 0 Å². The molecule has 0 aliphatic heterocycles. The van der Waals surface area contributed by atoms with E-state index < -0.39 is 10.0 Å². The summed E-state index contributed by atoms with van der Waals surface area (Å²) in [7, 11) is -1.74. The Balaban J connectivity index is 1.95. The molecule has 2 N–H and O–H groups in total. The summed E-state index contributed by atoms with van der Waals surface area (Å²) in [5, 5.41) is 3.02. The quantitative estimate of drug-likeness (QED) is 0.787. The van der Waals surface area contributed by atoms with Crippen molar-refractivity contribution >= 4 is 10.0 Å². The van der Waals surface area contributed by atoms with Gasteiger partial charge in [-0.1, -0.05) is 12.1 Å². The molecule has 0 radical (unpaired) electrons. The van der Waals surface area contributed by atoms with Crippen molar-refractivity contribution in [2.75, 3.05) is 13.6 Å². The first-order chi connectivity index (χ1) is 10.1. The molecule has 0 spiro atoms. The predicted octanol–water partition coefficient (Wildman–Crippen LogP) is 0.717. The van der Waals surface area contributed by atoms with E-state index in [2.05, 4.69) is 20.0 Å². The Morgan fingerprint density at radius 1 is 1.14 bits per heavy atom. The first kappa shape index (κ1) is 15.6. The van der Waals surface area contributed by atoms with Gasteiger partial charge in [-0.2, -0.15) is 0 Å². The van der Waals surface area contributed by atoms with Gasteiger partial charge in [-0.25, -0.2) is 18.1 Å². The van der Waals surface area contributed by atoms with Crippen molar-refractivity contribution in [1.82, 2.24) is 20.0 Å². The Morgan fingerprint density at radius 2 is 2.00 bits per heavy atom. The summed E-state index contributed by atoms with van der Waals surface area (Å²) in [5.74, 6) is 0. The number of nitrogens with zero attached hydrogens (tertiary/aromatic N) is 2. The maximum atomic E-state index is 12.1. The lowest BCUT2D eigenvalue weighted by Gasteiger charge is -2.07. The largest absolute Gasteiger partial charge is 0.316 e. The maximum Gasteiger partial charge on any atom is 0.258 e. The van der Waals surface area contributed by atoms with Gasteiger partial charge in [-0.05, 0) is 36.7 Å². The molecule has 0 unspecified atom stereocenters. The van der Waals surface area contributed by atoms with Gasteiger partial charge in [0.15, 0.2) is 5.03 Å². The molecule has 0 aromatic carbocycles. The number of rotatable bonds is 7. The summed E-state index contributed by atoms with van der Waals surface area (Å²) in [6.07, 6.45) is 5.56. The molecule has 21 heavy (non-hydrogen) atoms. The average molecular weight is 306 g/mol. The van der Waals surface area contributed by atoms with Gasteiger partial charge in [-0.3, -0.25) is 4.98 Å². The van der Waals surface area contributed by atoms with Crippen LogP contribution in [0.2, 0.25) is 0 Å². The van der Waals surface area contributed by atoms with Crippen LogP contribution in [0, 0.1) is 0 Å². The Labute approximate surface area is 124 Å². The highest BCUT2D eigenvalue weighted by Gasteiger charge is 2.14. The zero-order chi connectivity index (χ0) is 15.1. The maximum absolute atomic E-state index is 12.1. The SMILES string of the molecule is CNCc1ccc(S(=O)(=O)NCCc2cccnc2)nc1. The van der Waals surface area contributed by atoms with Crippen LogP contribution in [0.4, 0.5) is 0 Å². The van der Waals surface area contributed by atoms with E-state index in [-0.39, 0.29) is 5.03 Å². The molecular formula is C14H18N4O2S. The first-order valence-corrected chi connectivity index (χ1v) is 8.08. The van der Waals surface area contributed by atoms with Crippen LogP contribution in [-0.2, 0) is 23.0 Å². The van der Waals surface area contributed by atoms with Crippen molar-refractivity contribution in [3.63, 3.8) is 0 Å². The van der Waals surface area contributed by atoms with Gasteiger partial charge in [0.05, 0.1) is 0 Å². The molecule has 0 aliphatic rings. The predicted molar refractivity (Wildman–Crippen MR) is 80.1 cm³/mol. The minimum atomic E-state index is -3.56. The molecular weight excluding hydrogens is 288 g/mol. The third kappa shape index (κ3) is 4.59. The van der Waals surface area contributed by atoms with Crippen molar-refractivity contribution in [2.45, 2.75) is 18.0 Å². The lowest BCUT2D eigenvalue weighted by Crippen LogP contribution is -2.26. The smallest absolute Gasteiger partial charge is 0.258 e. The number of nitrogens with one attached hydrogen (secondary N) is 2. The van der Waals surface area contributed by atoms with Gasteiger partial charge in [0.1, 0.15) is 0 Å². The van der Waals surface area contributed by atoms with E-state index in [4.69, 9.17) is 0 Å². The first-order valence-electron chi connectivity index (χ1n) is 6.60. The summed E-state index contributed by atoms with van der Waals surface area (Å²) in [4.78, 5) is 7.98. The highest BCUT2D eigenvalue weighted by molar-refractivity contribution is 7.89. The molecule has 2 heterocycles. The normalized spacial score (nSPS) is 11.5. The van der Waals surface area contributed by atoms with Crippen molar-refractivity contribution in [2.24, 2.45) is 0 Å². The molecule has 7 heteroatoms. The Hall–Kier alpha value is -1.83. The fourth-order valence-corrected chi connectivity index (χ4v) is 2.79. The van der Waals surface area contributed by atoms with Gasteiger partial charge >= 0.3 is 0 Å². The third-order valence-electron chi connectivity index (χ3n) is 2.88. The molecule has 0 aliphatic carbocycles. The number of pyridine rings is 2. The van der Waals surface area contributed by atoms with E-state index in [1.54, 1.807) is 24.7 Å². The second kappa shape index (κ2) is 7.26. The summed E-state index contributed by atoms with van der Waals surface area (Å²) in [6.45, 7) is 0.968. The van der Waals surface area contributed by atoms with E-state index in [0.29, 0.717) is 19.5 Å². The van der Waals surface area contributed by atoms with Crippen LogP contribution in [0.3, 0.4) is 0 Å². The number of hydrogen-bond donors (Lipinski definition) is 2. The minimum Gasteiger partial charge on any atom is -0.316 e. The van der Waals surface area contributed by atoms with Gasteiger partial charge < -0.3 is 5.32 Å². The molecule has 0 saturated carbocycles. The molecule has 0 amide bonds. The van der Waals surface area contributed by atoms with Crippen LogP contribution in [0.15, 0.2) is 47.9 Å². The van der Waals surface area contributed by atoms with Gasteiger partial charge in [-0.15, -0.1) is 0 Å². The lowest BCUT2D eigenvalue weighted by molar-refractivity contribution is 0.577. The summed E-state index contributed by atoms with van der Waals surface area (Å²) >= 11 is 0. The number of hydrogen-bond acceptors (Lipinski definition) is 5. The molecule has 6 nitrogen and oxygen atoms in total. The van der Waals surface area contributed by atoms with Crippen molar-refractivity contribution in [1.29, 1.82) is 0 Å². The Bertz CT molecular complexity index is 657. The summed E-state index contributed by atoms with van der Waals surface area (Å²) < 4.78 is 26.7. The van der Waals surface area contributed by atoms with Crippen molar-refractivity contribution in [3.05, 3.63) is 54.0 Å². The van der Waals surface area contributed by atoms with Crippen LogP contribution in [0.1, 0.15) is 11.1 Å². The topological polar surface area (TPSA) is 84.0 Å². The fraction of sp³-hybridized carbons (Fsp3) is 0.286. The van der Waals surface area contributed by atoms with E-state index >= 15 is 0 Å². The van der Waals surface area contributed by atoms with E-state index in [0.717, 1.165) is 11.1 Å². The number of sulfonamides is 1. The van der Waals surface area contributed by atoms with E-state index in [1.165, 1.54) is 6.07 Å². The monoisotopic (exact) mass is 306 g/mol. The molecule has 0 fully saturated rings. The summed E-state index contributed by atoms with van der Waals surface area (Å²) in [6, 6.07) is 7.00. The molecule has 2 aromatic rings. The van der Waals surface area contributed by atoms with Crippen LogP contribution < -0.4 is 10.0 Å². The van der Waals surface area contributed by atoms with Crippen molar-refractivity contribution < 1.29 is 8.42 Å². The Morgan fingerprint density at radius 3 is 2.62 bits per heavy atom. The lowest BCUT2D eigenvalue weighted by atomic mass is 10.2. The van der Waals surface area contributed by atoms with Crippen LogP contribution in [-0.4, -0.2) is 32.0 Å². The van der Waals surface area contributed by atoms with Crippen LogP contribution >= 0.6 is 0 Å². The van der Waals surface area contributed by atoms with Crippen LogP contribution in [0.25, 0.3) is 0 Å². The molecule has 2 aromatic heterocycles. The van der Waals surface area contributed by atoms with Gasteiger partial charge in [0.25, 0.3) is 10.0 Å². The Kier molecular flexibility index (Phi) is 5.38. The van der Waals surface area contributed by atoms with Gasteiger partial charge in [0, 0.05) is 31.7 Å². The van der Waals surface area contributed by atoms with E-state index in [1.807, 2.05) is 19.2 Å². The average Bonchev–Trinajstić information content (AvgIpc) is 2.49. The summed E-state index contributed by atoms with van der Waals surface area (Å²) in [5.41, 5.74) is 1.92. The third-order valence-corrected chi connectivity index (χ3v) is 4.26. The highest BCUT2D eigenvalue weighted by atomic mass is 32.2. The number of aromatic nitrogens is 2. The molecule has 2 rings (SSSR count). The fourth-order valence-electron chi connectivity index (χ4n) is 1.83. The van der Waals surface area contributed by atoms with Crippen molar-refractivity contribution in [3.8, 4) is 0 Å². The second-order valence-electron chi connectivity index (χ2n) is 4.54. The zero-order valence-electron chi connectivity index (χ0n) is 11.8. The van der Waals surface area contributed by atoms with Gasteiger partial charge in [0.2, 0.25) is 0 Å². The minimum absolute atomic E-state index is 0.0357. The molecule has 0 saturated heterocycles. The molecule has 0 bridgehead atoms.